The lowest BCUT2D eigenvalue weighted by Crippen LogP contribution is -2.27. The molecule has 1 aromatic rings. The van der Waals surface area contributed by atoms with Gasteiger partial charge in [0, 0.05) is 16.2 Å². The van der Waals surface area contributed by atoms with E-state index in [-0.39, 0.29) is 0 Å². The number of hydrogen-bond donors (Lipinski definition) is 1. The van der Waals surface area contributed by atoms with Gasteiger partial charge in [-0.05, 0) is 37.1 Å². The third kappa shape index (κ3) is 2.43. The van der Waals surface area contributed by atoms with Gasteiger partial charge in [-0.3, -0.25) is 0 Å². The van der Waals surface area contributed by atoms with Crippen LogP contribution in [0, 0.1) is 0 Å². The van der Waals surface area contributed by atoms with E-state index in [1.165, 1.54) is 16.9 Å². The summed E-state index contributed by atoms with van der Waals surface area (Å²) in [4.78, 5) is 1.35. The Morgan fingerprint density at radius 1 is 1.21 bits per heavy atom. The first-order chi connectivity index (χ1) is 9.33. The van der Waals surface area contributed by atoms with Crippen molar-refractivity contribution in [1.82, 2.24) is 5.32 Å². The van der Waals surface area contributed by atoms with E-state index < -0.39 is 0 Å². The molecule has 3 rings (SSSR count). The van der Waals surface area contributed by atoms with Crippen molar-refractivity contribution in [3.05, 3.63) is 17.7 Å². The third-order valence-corrected chi connectivity index (χ3v) is 5.19. The highest BCUT2D eigenvalue weighted by molar-refractivity contribution is 8.00. The van der Waals surface area contributed by atoms with Gasteiger partial charge in [0.15, 0.2) is 11.5 Å². The van der Waals surface area contributed by atoms with Gasteiger partial charge in [-0.15, -0.1) is 11.8 Å². The minimum atomic E-state index is 0.445. The standard InChI is InChI=1S/C15H21NO2S/c1-3-5-16-15-10-8-11-12(18-7-6-17-11)9-14(10)19-13(15)4-2/h8-9,13,15-16H,3-7H2,1-2H3. The molecule has 104 valence electrons. The largest absolute Gasteiger partial charge is 0.486 e. The first-order valence-electron chi connectivity index (χ1n) is 7.17. The van der Waals surface area contributed by atoms with Crippen LogP contribution in [0.25, 0.3) is 0 Å². The summed E-state index contributed by atoms with van der Waals surface area (Å²) < 4.78 is 11.4. The highest BCUT2D eigenvalue weighted by atomic mass is 32.2. The molecule has 3 nitrogen and oxygen atoms in total. The molecule has 2 aliphatic heterocycles. The Balaban J connectivity index is 1.92. The molecule has 0 saturated carbocycles. The zero-order valence-corrected chi connectivity index (χ0v) is 12.4. The third-order valence-electron chi connectivity index (χ3n) is 3.68. The van der Waals surface area contributed by atoms with E-state index in [0.717, 1.165) is 24.5 Å². The minimum Gasteiger partial charge on any atom is -0.486 e. The summed E-state index contributed by atoms with van der Waals surface area (Å²) in [6.45, 7) is 6.85. The van der Waals surface area contributed by atoms with Gasteiger partial charge in [0.2, 0.25) is 0 Å². The van der Waals surface area contributed by atoms with Crippen LogP contribution in [0.4, 0.5) is 0 Å². The van der Waals surface area contributed by atoms with Crippen LogP contribution in [0.5, 0.6) is 11.5 Å². The van der Waals surface area contributed by atoms with Gasteiger partial charge in [0.1, 0.15) is 13.2 Å². The van der Waals surface area contributed by atoms with Crippen molar-refractivity contribution in [2.45, 2.75) is 42.9 Å². The quantitative estimate of drug-likeness (QED) is 0.915. The summed E-state index contributed by atoms with van der Waals surface area (Å²) >= 11 is 1.97. The molecule has 0 bridgehead atoms. The van der Waals surface area contributed by atoms with Crippen molar-refractivity contribution >= 4 is 11.8 Å². The smallest absolute Gasteiger partial charge is 0.162 e. The first kappa shape index (κ1) is 13.1. The van der Waals surface area contributed by atoms with E-state index in [1.807, 2.05) is 11.8 Å². The summed E-state index contributed by atoms with van der Waals surface area (Å²) in [5.74, 6) is 1.81. The van der Waals surface area contributed by atoms with E-state index in [9.17, 15) is 0 Å². The molecule has 0 aliphatic carbocycles. The molecule has 2 atom stereocenters. The molecule has 4 heteroatoms. The van der Waals surface area contributed by atoms with Crippen molar-refractivity contribution in [2.24, 2.45) is 0 Å². The Bertz CT molecular complexity index is 464. The first-order valence-corrected chi connectivity index (χ1v) is 8.05. The summed E-state index contributed by atoms with van der Waals surface area (Å²) in [6.07, 6.45) is 2.34. The molecular formula is C15H21NO2S. The topological polar surface area (TPSA) is 30.5 Å². The lowest BCUT2D eigenvalue weighted by atomic mass is 10.0. The maximum Gasteiger partial charge on any atom is 0.162 e. The molecule has 0 amide bonds. The number of thioether (sulfide) groups is 1. The van der Waals surface area contributed by atoms with Crippen molar-refractivity contribution < 1.29 is 9.47 Å². The minimum absolute atomic E-state index is 0.445. The lowest BCUT2D eigenvalue weighted by Gasteiger charge is -2.22. The average molecular weight is 279 g/mol. The average Bonchev–Trinajstić information content (AvgIpc) is 2.79. The van der Waals surface area contributed by atoms with E-state index in [0.29, 0.717) is 24.5 Å². The Morgan fingerprint density at radius 2 is 1.95 bits per heavy atom. The second-order valence-corrected chi connectivity index (χ2v) is 6.31. The van der Waals surface area contributed by atoms with Crippen LogP contribution in [0.2, 0.25) is 0 Å². The molecule has 0 aromatic heterocycles. The van der Waals surface area contributed by atoms with Crippen molar-refractivity contribution in [1.29, 1.82) is 0 Å². The fourth-order valence-electron chi connectivity index (χ4n) is 2.72. The van der Waals surface area contributed by atoms with Crippen LogP contribution in [-0.4, -0.2) is 25.0 Å². The van der Waals surface area contributed by atoms with Crippen LogP contribution in [0.1, 0.15) is 38.3 Å². The zero-order chi connectivity index (χ0) is 13.2. The Hall–Kier alpha value is -0.870. The Kier molecular flexibility index (Phi) is 3.89. The summed E-state index contributed by atoms with van der Waals surface area (Å²) in [5, 5.41) is 4.29. The van der Waals surface area contributed by atoms with Gasteiger partial charge in [0.05, 0.1) is 0 Å². The zero-order valence-electron chi connectivity index (χ0n) is 11.6. The molecule has 0 fully saturated rings. The maximum atomic E-state index is 5.71. The fraction of sp³-hybridized carbons (Fsp3) is 0.600. The normalized spacial score (nSPS) is 24.3. The second-order valence-electron chi connectivity index (χ2n) is 5.03. The highest BCUT2D eigenvalue weighted by Gasteiger charge is 2.33. The number of nitrogens with one attached hydrogen (secondary N) is 1. The van der Waals surface area contributed by atoms with Gasteiger partial charge in [-0.25, -0.2) is 0 Å². The van der Waals surface area contributed by atoms with Gasteiger partial charge in [-0.2, -0.15) is 0 Å². The van der Waals surface area contributed by atoms with Gasteiger partial charge in [-0.1, -0.05) is 13.8 Å². The molecule has 2 heterocycles. The van der Waals surface area contributed by atoms with E-state index in [2.05, 4.69) is 31.3 Å². The molecule has 0 saturated heterocycles. The van der Waals surface area contributed by atoms with Crippen molar-refractivity contribution in [3.63, 3.8) is 0 Å². The number of rotatable bonds is 4. The number of fused-ring (bicyclic) bond motifs is 2. The molecule has 2 aliphatic rings. The van der Waals surface area contributed by atoms with Crippen molar-refractivity contribution in [3.8, 4) is 11.5 Å². The van der Waals surface area contributed by atoms with E-state index >= 15 is 0 Å². The molecule has 1 N–H and O–H groups in total. The van der Waals surface area contributed by atoms with Crippen LogP contribution in [-0.2, 0) is 0 Å². The molecular weight excluding hydrogens is 258 g/mol. The lowest BCUT2D eigenvalue weighted by molar-refractivity contribution is 0.170. The predicted molar refractivity (Wildman–Crippen MR) is 78.4 cm³/mol. The van der Waals surface area contributed by atoms with Crippen LogP contribution in [0.3, 0.4) is 0 Å². The molecule has 1 aromatic carbocycles. The summed E-state index contributed by atoms with van der Waals surface area (Å²) in [7, 11) is 0. The maximum absolute atomic E-state index is 5.71. The molecule has 19 heavy (non-hydrogen) atoms. The van der Waals surface area contributed by atoms with E-state index in [1.54, 1.807) is 0 Å². The van der Waals surface area contributed by atoms with Gasteiger partial charge < -0.3 is 14.8 Å². The van der Waals surface area contributed by atoms with E-state index in [4.69, 9.17) is 9.47 Å². The van der Waals surface area contributed by atoms with Crippen LogP contribution in [0.15, 0.2) is 17.0 Å². The molecule has 2 unspecified atom stereocenters. The molecule has 0 spiro atoms. The van der Waals surface area contributed by atoms with Gasteiger partial charge in [0.25, 0.3) is 0 Å². The van der Waals surface area contributed by atoms with Crippen LogP contribution >= 0.6 is 11.8 Å². The number of hydrogen-bond acceptors (Lipinski definition) is 4. The highest BCUT2D eigenvalue weighted by Crippen LogP contribution is 2.49. The number of benzene rings is 1. The predicted octanol–water partition coefficient (Wildman–Crippen LogP) is 3.38. The summed E-state index contributed by atoms with van der Waals surface area (Å²) in [6, 6.07) is 4.78. The second kappa shape index (κ2) is 5.63. The number of ether oxygens (including phenoxy) is 2. The van der Waals surface area contributed by atoms with Crippen molar-refractivity contribution in [2.75, 3.05) is 19.8 Å². The Labute approximate surface area is 119 Å². The SMILES string of the molecule is CCCNC1c2cc3c(cc2SC1CC)OCCO3. The monoisotopic (exact) mass is 279 g/mol. The van der Waals surface area contributed by atoms with Crippen LogP contribution < -0.4 is 14.8 Å². The Morgan fingerprint density at radius 3 is 2.63 bits per heavy atom. The van der Waals surface area contributed by atoms with Gasteiger partial charge >= 0.3 is 0 Å². The molecule has 0 radical (unpaired) electrons. The fourth-order valence-corrected chi connectivity index (χ4v) is 4.09. The summed E-state index contributed by atoms with van der Waals surface area (Å²) in [5.41, 5.74) is 1.38.